The molecule has 0 radical (unpaired) electrons. The van der Waals surface area contributed by atoms with E-state index in [1.807, 2.05) is 0 Å². The summed E-state index contributed by atoms with van der Waals surface area (Å²) in [6.45, 7) is 10.7. The van der Waals surface area contributed by atoms with Crippen molar-refractivity contribution in [2.24, 2.45) is 0 Å². The third-order valence-corrected chi connectivity index (χ3v) is 5.09. The molecule has 0 aliphatic carbocycles. The van der Waals surface area contributed by atoms with Gasteiger partial charge in [-0.05, 0) is 39.2 Å². The number of hydrogen-bond acceptors (Lipinski definition) is 4. The van der Waals surface area contributed by atoms with Crippen molar-refractivity contribution >= 4 is 0 Å². The molecule has 3 saturated heterocycles. The molecule has 3 rings (SSSR count). The SMILES string of the molecule is CC(NCCN1CCN2CCCC2C1)C1CCCO1. The Morgan fingerprint density at radius 2 is 2.16 bits per heavy atom. The summed E-state index contributed by atoms with van der Waals surface area (Å²) in [5, 5.41) is 3.65. The minimum absolute atomic E-state index is 0.451. The summed E-state index contributed by atoms with van der Waals surface area (Å²) < 4.78 is 5.73. The second-order valence-corrected chi connectivity index (χ2v) is 6.43. The quantitative estimate of drug-likeness (QED) is 0.802. The van der Waals surface area contributed by atoms with Gasteiger partial charge in [-0.2, -0.15) is 0 Å². The predicted octanol–water partition coefficient (Wildman–Crippen LogP) is 0.924. The van der Waals surface area contributed by atoms with Crippen molar-refractivity contribution in [1.82, 2.24) is 15.1 Å². The van der Waals surface area contributed by atoms with Crippen molar-refractivity contribution in [3.8, 4) is 0 Å². The molecule has 3 aliphatic rings. The van der Waals surface area contributed by atoms with Crippen LogP contribution in [0.4, 0.5) is 0 Å². The van der Waals surface area contributed by atoms with Crippen molar-refractivity contribution in [2.45, 2.75) is 50.8 Å². The van der Waals surface area contributed by atoms with E-state index in [1.165, 1.54) is 58.4 Å². The van der Waals surface area contributed by atoms with Crippen LogP contribution in [0.1, 0.15) is 32.6 Å². The van der Waals surface area contributed by atoms with Gasteiger partial charge in [0, 0.05) is 51.4 Å². The van der Waals surface area contributed by atoms with Gasteiger partial charge in [-0.1, -0.05) is 0 Å². The molecule has 19 heavy (non-hydrogen) atoms. The predicted molar refractivity (Wildman–Crippen MR) is 77.5 cm³/mol. The van der Waals surface area contributed by atoms with E-state index in [2.05, 4.69) is 22.0 Å². The zero-order valence-corrected chi connectivity index (χ0v) is 12.3. The van der Waals surface area contributed by atoms with Gasteiger partial charge in [-0.15, -0.1) is 0 Å². The highest BCUT2D eigenvalue weighted by Crippen LogP contribution is 2.21. The fourth-order valence-electron chi connectivity index (χ4n) is 3.84. The molecule has 0 aromatic carbocycles. The normalized spacial score (nSPS) is 34.6. The van der Waals surface area contributed by atoms with Crippen molar-refractivity contribution in [2.75, 3.05) is 45.9 Å². The molecule has 4 heteroatoms. The van der Waals surface area contributed by atoms with Crippen LogP contribution in [0.15, 0.2) is 0 Å². The smallest absolute Gasteiger partial charge is 0.0726 e. The van der Waals surface area contributed by atoms with E-state index in [9.17, 15) is 0 Å². The first-order chi connectivity index (χ1) is 9.33. The molecule has 110 valence electrons. The van der Waals surface area contributed by atoms with E-state index in [4.69, 9.17) is 4.74 Å². The van der Waals surface area contributed by atoms with Gasteiger partial charge in [0.1, 0.15) is 0 Å². The van der Waals surface area contributed by atoms with Gasteiger partial charge in [0.25, 0.3) is 0 Å². The standard InChI is InChI=1S/C15H29N3O/c1-13(15-5-3-11-19-15)16-6-8-17-9-10-18-7-2-4-14(18)12-17/h13-16H,2-12H2,1H3. The highest BCUT2D eigenvalue weighted by Gasteiger charge is 2.30. The second kappa shape index (κ2) is 6.53. The maximum atomic E-state index is 5.73. The van der Waals surface area contributed by atoms with E-state index in [0.717, 1.165) is 19.2 Å². The number of nitrogens with zero attached hydrogens (tertiary/aromatic N) is 2. The van der Waals surface area contributed by atoms with Crippen LogP contribution in [-0.4, -0.2) is 73.9 Å². The van der Waals surface area contributed by atoms with Gasteiger partial charge in [0.15, 0.2) is 0 Å². The van der Waals surface area contributed by atoms with Crippen molar-refractivity contribution in [3.05, 3.63) is 0 Å². The summed E-state index contributed by atoms with van der Waals surface area (Å²) in [4.78, 5) is 5.32. The first kappa shape index (κ1) is 13.8. The number of piperazine rings is 1. The fourth-order valence-corrected chi connectivity index (χ4v) is 3.84. The van der Waals surface area contributed by atoms with Crippen LogP contribution in [0.2, 0.25) is 0 Å². The van der Waals surface area contributed by atoms with E-state index in [0.29, 0.717) is 12.1 Å². The lowest BCUT2D eigenvalue weighted by molar-refractivity contribution is 0.0780. The third kappa shape index (κ3) is 3.48. The van der Waals surface area contributed by atoms with Crippen molar-refractivity contribution in [1.29, 1.82) is 0 Å². The lowest BCUT2D eigenvalue weighted by Gasteiger charge is -2.37. The summed E-state index contributed by atoms with van der Waals surface area (Å²) in [6, 6.07) is 1.36. The lowest BCUT2D eigenvalue weighted by atomic mass is 10.1. The van der Waals surface area contributed by atoms with Gasteiger partial charge < -0.3 is 10.1 Å². The number of nitrogens with one attached hydrogen (secondary N) is 1. The summed E-state index contributed by atoms with van der Waals surface area (Å²) in [5.41, 5.74) is 0. The van der Waals surface area contributed by atoms with Gasteiger partial charge in [-0.25, -0.2) is 0 Å². The molecule has 3 atom stereocenters. The fraction of sp³-hybridized carbons (Fsp3) is 1.00. The Kier molecular flexibility index (Phi) is 4.74. The molecule has 1 N–H and O–H groups in total. The molecule has 0 spiro atoms. The number of fused-ring (bicyclic) bond motifs is 1. The number of rotatable bonds is 5. The van der Waals surface area contributed by atoms with E-state index in [1.54, 1.807) is 0 Å². The Bertz CT molecular complexity index is 281. The first-order valence-corrected chi connectivity index (χ1v) is 8.14. The average molecular weight is 267 g/mol. The molecule has 0 aromatic heterocycles. The Labute approximate surface area is 117 Å². The van der Waals surface area contributed by atoms with Gasteiger partial charge >= 0.3 is 0 Å². The van der Waals surface area contributed by atoms with Gasteiger partial charge in [0.05, 0.1) is 6.10 Å². The summed E-state index contributed by atoms with van der Waals surface area (Å²) >= 11 is 0. The molecule has 0 bridgehead atoms. The first-order valence-electron chi connectivity index (χ1n) is 8.14. The minimum atomic E-state index is 0.451. The van der Waals surface area contributed by atoms with Crippen LogP contribution >= 0.6 is 0 Å². The van der Waals surface area contributed by atoms with Crippen LogP contribution in [0.5, 0.6) is 0 Å². The van der Waals surface area contributed by atoms with Crippen LogP contribution in [0.3, 0.4) is 0 Å². The summed E-state index contributed by atoms with van der Waals surface area (Å²) in [7, 11) is 0. The zero-order valence-electron chi connectivity index (χ0n) is 12.3. The zero-order chi connectivity index (χ0) is 13.1. The van der Waals surface area contributed by atoms with Crippen molar-refractivity contribution in [3.63, 3.8) is 0 Å². The molecule has 0 aromatic rings. The summed E-state index contributed by atoms with van der Waals surface area (Å²) in [6.07, 6.45) is 5.74. The minimum Gasteiger partial charge on any atom is -0.377 e. The molecule has 3 fully saturated rings. The molecule has 0 amide bonds. The van der Waals surface area contributed by atoms with Gasteiger partial charge in [0.2, 0.25) is 0 Å². The van der Waals surface area contributed by atoms with E-state index < -0.39 is 0 Å². The topological polar surface area (TPSA) is 27.7 Å². The molecular weight excluding hydrogens is 238 g/mol. The van der Waals surface area contributed by atoms with Crippen LogP contribution < -0.4 is 5.32 Å². The van der Waals surface area contributed by atoms with E-state index >= 15 is 0 Å². The second-order valence-electron chi connectivity index (χ2n) is 6.43. The maximum Gasteiger partial charge on any atom is 0.0726 e. The third-order valence-electron chi connectivity index (χ3n) is 5.09. The Morgan fingerprint density at radius 3 is 3.00 bits per heavy atom. The number of hydrogen-bond donors (Lipinski definition) is 1. The Hall–Kier alpha value is -0.160. The average Bonchev–Trinajstić information content (AvgIpc) is 3.09. The molecule has 3 unspecified atom stereocenters. The molecule has 3 heterocycles. The highest BCUT2D eigenvalue weighted by atomic mass is 16.5. The van der Waals surface area contributed by atoms with Crippen LogP contribution in [0.25, 0.3) is 0 Å². The summed E-state index contributed by atoms with van der Waals surface area (Å²) in [5.74, 6) is 0. The Balaban J connectivity index is 1.33. The monoisotopic (exact) mass is 267 g/mol. The largest absolute Gasteiger partial charge is 0.377 e. The molecule has 4 nitrogen and oxygen atoms in total. The van der Waals surface area contributed by atoms with Crippen molar-refractivity contribution < 1.29 is 4.74 Å². The van der Waals surface area contributed by atoms with E-state index in [-0.39, 0.29) is 0 Å². The lowest BCUT2D eigenvalue weighted by Crippen LogP contribution is -2.52. The molecule has 3 aliphatic heterocycles. The maximum absolute atomic E-state index is 5.73. The van der Waals surface area contributed by atoms with Crippen LogP contribution in [-0.2, 0) is 4.74 Å². The van der Waals surface area contributed by atoms with Crippen LogP contribution in [0, 0.1) is 0 Å². The number of ether oxygens (including phenoxy) is 1. The highest BCUT2D eigenvalue weighted by molar-refractivity contribution is 4.87. The Morgan fingerprint density at radius 1 is 1.21 bits per heavy atom. The molecule has 0 saturated carbocycles. The van der Waals surface area contributed by atoms with Gasteiger partial charge in [-0.3, -0.25) is 9.80 Å². The molecular formula is C15H29N3O.